The highest BCUT2D eigenvalue weighted by molar-refractivity contribution is 5.97. The molecule has 0 saturated carbocycles. The van der Waals surface area contributed by atoms with Crippen LogP contribution < -0.4 is 38.9 Å². The van der Waals surface area contributed by atoms with Crippen molar-refractivity contribution in [2.24, 2.45) is 22.9 Å². The van der Waals surface area contributed by atoms with E-state index in [0.29, 0.717) is 19.4 Å². The fourth-order valence-electron chi connectivity index (χ4n) is 4.03. The van der Waals surface area contributed by atoms with Gasteiger partial charge in [0.2, 0.25) is 29.5 Å². The van der Waals surface area contributed by atoms with Crippen LogP contribution in [-0.4, -0.2) is 76.3 Å². The zero-order valence-corrected chi connectivity index (χ0v) is 21.9. The molecule has 0 aliphatic heterocycles. The van der Waals surface area contributed by atoms with Crippen LogP contribution in [0, 0.1) is 0 Å². The molecule has 13 N–H and O–H groups in total. The lowest BCUT2D eigenvalue weighted by Crippen LogP contribution is -2.58. The Kier molecular flexibility index (Phi) is 12.0. The van der Waals surface area contributed by atoms with Crippen molar-refractivity contribution in [1.29, 1.82) is 0 Å². The first kappa shape index (κ1) is 31.7. The van der Waals surface area contributed by atoms with Gasteiger partial charge in [0.15, 0.2) is 0 Å². The van der Waals surface area contributed by atoms with Crippen molar-refractivity contribution in [3.8, 4) is 0 Å². The summed E-state index contributed by atoms with van der Waals surface area (Å²) in [4.78, 5) is 76.1. The standard InChI is InChI=1S/C25H36N8O7/c26-8-4-3-7-17(31-22(36)15(27)9-13-12-30-16-6-2-1-5-14(13)16)23(37)32-18(10-20(28)34)24(38)33-19(25(39)40)11-21(29)35/h1-2,5-6,12,15,17-19,30H,3-4,7-11,26-27H2,(H2,28,34)(H2,29,35)(H,31,36)(H,32,37)(H,33,38)(H,39,40). The average Bonchev–Trinajstić information content (AvgIpc) is 3.29. The molecule has 0 fully saturated rings. The summed E-state index contributed by atoms with van der Waals surface area (Å²) in [6.07, 6.45) is 1.65. The van der Waals surface area contributed by atoms with Gasteiger partial charge in [-0.25, -0.2) is 4.79 Å². The average molecular weight is 561 g/mol. The maximum absolute atomic E-state index is 13.2. The first-order chi connectivity index (χ1) is 18.9. The predicted molar refractivity (Wildman–Crippen MR) is 144 cm³/mol. The van der Waals surface area contributed by atoms with E-state index in [1.54, 1.807) is 6.20 Å². The second kappa shape index (κ2) is 15.2. The second-order valence-corrected chi connectivity index (χ2v) is 9.32. The first-order valence-corrected chi connectivity index (χ1v) is 12.6. The number of carboxylic acids is 1. The maximum atomic E-state index is 13.2. The lowest BCUT2D eigenvalue weighted by molar-refractivity contribution is -0.144. The van der Waals surface area contributed by atoms with Crippen LogP contribution in [0.3, 0.4) is 0 Å². The third kappa shape index (κ3) is 9.67. The summed E-state index contributed by atoms with van der Waals surface area (Å²) in [7, 11) is 0. The van der Waals surface area contributed by atoms with Crippen molar-refractivity contribution in [1.82, 2.24) is 20.9 Å². The zero-order chi connectivity index (χ0) is 29.8. The van der Waals surface area contributed by atoms with Gasteiger partial charge in [-0.05, 0) is 43.9 Å². The molecular weight excluding hydrogens is 524 g/mol. The smallest absolute Gasteiger partial charge is 0.326 e. The highest BCUT2D eigenvalue weighted by atomic mass is 16.4. The number of aromatic nitrogens is 1. The minimum Gasteiger partial charge on any atom is -0.480 e. The van der Waals surface area contributed by atoms with Crippen LogP contribution in [0.2, 0.25) is 0 Å². The van der Waals surface area contributed by atoms with E-state index in [2.05, 4.69) is 20.9 Å². The lowest BCUT2D eigenvalue weighted by Gasteiger charge is -2.24. The number of carbonyl (C=O) groups is 6. The summed E-state index contributed by atoms with van der Waals surface area (Å²) in [5, 5.41) is 17.1. The minimum absolute atomic E-state index is 0.138. The summed E-state index contributed by atoms with van der Waals surface area (Å²) in [5.74, 6) is -6.04. The number of benzene rings is 1. The molecule has 40 heavy (non-hydrogen) atoms. The molecule has 0 bridgehead atoms. The quantitative estimate of drug-likeness (QED) is 0.0920. The van der Waals surface area contributed by atoms with Crippen LogP contribution in [0.5, 0.6) is 0 Å². The molecule has 15 nitrogen and oxygen atoms in total. The van der Waals surface area contributed by atoms with Gasteiger partial charge in [-0.1, -0.05) is 18.2 Å². The number of fused-ring (bicyclic) bond motifs is 1. The number of nitrogens with two attached hydrogens (primary N) is 4. The molecular formula is C25H36N8O7. The topological polar surface area (TPSA) is 279 Å². The molecule has 1 aromatic heterocycles. The molecule has 218 valence electrons. The van der Waals surface area contributed by atoms with Crippen LogP contribution in [0.15, 0.2) is 30.5 Å². The maximum Gasteiger partial charge on any atom is 0.326 e. The van der Waals surface area contributed by atoms with E-state index >= 15 is 0 Å². The van der Waals surface area contributed by atoms with Gasteiger partial charge in [0, 0.05) is 17.1 Å². The number of nitrogens with one attached hydrogen (secondary N) is 4. The number of unbranched alkanes of at least 4 members (excludes halogenated alkanes) is 1. The van der Waals surface area contributed by atoms with Gasteiger partial charge >= 0.3 is 5.97 Å². The van der Waals surface area contributed by atoms with Crippen molar-refractivity contribution in [2.75, 3.05) is 6.54 Å². The van der Waals surface area contributed by atoms with E-state index in [9.17, 15) is 33.9 Å². The molecule has 4 atom stereocenters. The fraction of sp³-hybridized carbons (Fsp3) is 0.440. The highest BCUT2D eigenvalue weighted by Gasteiger charge is 2.31. The Labute approximate surface area is 229 Å². The van der Waals surface area contributed by atoms with Crippen molar-refractivity contribution >= 4 is 46.4 Å². The largest absolute Gasteiger partial charge is 0.480 e. The Hall–Kier alpha value is -4.50. The molecule has 2 aromatic rings. The van der Waals surface area contributed by atoms with Crippen LogP contribution >= 0.6 is 0 Å². The number of aliphatic carboxylic acids is 1. The number of hydrogen-bond acceptors (Lipinski definition) is 8. The molecule has 1 aromatic carbocycles. The molecule has 4 unspecified atom stereocenters. The monoisotopic (exact) mass is 560 g/mol. The summed E-state index contributed by atoms with van der Waals surface area (Å²) in [6, 6.07) is 2.04. The Bertz CT molecular complexity index is 1230. The molecule has 0 aliphatic carbocycles. The third-order valence-corrected chi connectivity index (χ3v) is 6.09. The van der Waals surface area contributed by atoms with Gasteiger partial charge < -0.3 is 49.0 Å². The summed E-state index contributed by atoms with van der Waals surface area (Å²) in [6.45, 7) is 0.339. The molecule has 0 aliphatic rings. The number of primary amides is 2. The van der Waals surface area contributed by atoms with Gasteiger partial charge in [-0.3, -0.25) is 24.0 Å². The van der Waals surface area contributed by atoms with Gasteiger partial charge in [-0.2, -0.15) is 0 Å². The van der Waals surface area contributed by atoms with Crippen LogP contribution in [-0.2, 0) is 35.2 Å². The van der Waals surface area contributed by atoms with E-state index in [0.717, 1.165) is 16.5 Å². The van der Waals surface area contributed by atoms with Crippen molar-refractivity contribution < 1.29 is 33.9 Å². The third-order valence-electron chi connectivity index (χ3n) is 6.09. The predicted octanol–water partition coefficient (Wildman–Crippen LogP) is -2.54. The number of rotatable bonds is 17. The number of amides is 5. The molecule has 0 radical (unpaired) electrons. The van der Waals surface area contributed by atoms with Crippen molar-refractivity contribution in [2.45, 2.75) is 62.7 Å². The molecule has 0 saturated heterocycles. The van der Waals surface area contributed by atoms with Crippen LogP contribution in [0.1, 0.15) is 37.7 Å². The second-order valence-electron chi connectivity index (χ2n) is 9.32. The van der Waals surface area contributed by atoms with E-state index in [1.807, 2.05) is 24.3 Å². The van der Waals surface area contributed by atoms with Crippen molar-refractivity contribution in [3.05, 3.63) is 36.0 Å². The Balaban J connectivity index is 2.15. The Morgan fingerprint density at radius 1 is 0.825 bits per heavy atom. The van der Waals surface area contributed by atoms with Gasteiger partial charge in [-0.15, -0.1) is 0 Å². The SMILES string of the molecule is NCCCCC(NC(=O)C(N)Cc1c[nH]c2ccccc12)C(=O)NC(CC(N)=O)C(=O)NC(CC(N)=O)C(=O)O. The number of para-hydroxylation sites is 1. The Morgan fingerprint density at radius 2 is 1.40 bits per heavy atom. The molecule has 15 heteroatoms. The summed E-state index contributed by atoms with van der Waals surface area (Å²) < 4.78 is 0. The van der Waals surface area contributed by atoms with Crippen LogP contribution in [0.4, 0.5) is 0 Å². The fourth-order valence-corrected chi connectivity index (χ4v) is 4.03. The molecule has 0 spiro atoms. The van der Waals surface area contributed by atoms with E-state index in [-0.39, 0.29) is 12.8 Å². The number of carboxylic acid groups (broad SMARTS) is 1. The van der Waals surface area contributed by atoms with Crippen molar-refractivity contribution in [3.63, 3.8) is 0 Å². The van der Waals surface area contributed by atoms with E-state index in [4.69, 9.17) is 22.9 Å². The number of aromatic amines is 1. The molecule has 2 rings (SSSR count). The van der Waals surface area contributed by atoms with Crippen LogP contribution in [0.25, 0.3) is 10.9 Å². The van der Waals surface area contributed by atoms with Gasteiger partial charge in [0.05, 0.1) is 18.9 Å². The normalized spacial score (nSPS) is 13.9. The number of H-pyrrole nitrogens is 1. The van der Waals surface area contributed by atoms with Gasteiger partial charge in [0.1, 0.15) is 18.1 Å². The number of carbonyl (C=O) groups excluding carboxylic acids is 5. The molecule has 1 heterocycles. The summed E-state index contributed by atoms with van der Waals surface area (Å²) >= 11 is 0. The highest BCUT2D eigenvalue weighted by Crippen LogP contribution is 2.19. The first-order valence-electron chi connectivity index (χ1n) is 12.6. The van der Waals surface area contributed by atoms with E-state index < -0.39 is 72.5 Å². The van der Waals surface area contributed by atoms with Gasteiger partial charge in [0.25, 0.3) is 0 Å². The lowest BCUT2D eigenvalue weighted by atomic mass is 10.0. The molecule has 5 amide bonds. The Morgan fingerprint density at radius 3 is 2.02 bits per heavy atom. The summed E-state index contributed by atoms with van der Waals surface area (Å²) in [5.41, 5.74) is 23.6. The van der Waals surface area contributed by atoms with E-state index in [1.165, 1.54) is 0 Å². The number of hydrogen-bond donors (Lipinski definition) is 9. The minimum atomic E-state index is -1.69. The zero-order valence-electron chi connectivity index (χ0n) is 21.9.